The fourth-order valence-electron chi connectivity index (χ4n) is 8.46. The van der Waals surface area contributed by atoms with Gasteiger partial charge in [-0.1, -0.05) is 13.8 Å². The molecular formula is C28H46O10. The van der Waals surface area contributed by atoms with Crippen molar-refractivity contribution in [3.05, 3.63) is 0 Å². The standard InChI is InChI=1S/C28H46O10/c1-14-22(32)23(33)20(12-29)37-27(14)38-25-21(13-30)36-26(34)15(2)24(25)35-4-3-19(31)11-28-8-16-5-17(9-28)7-18(6-16)10-28/h14-18,20-27,29-30,32-34H,3-13H2,1-2H3/t14?,15?,16?,17?,18?,20?,21?,22-,23+,24-,25+,26?,27+,28?/m1/s1. The number of ether oxygens (including phenoxy) is 4. The van der Waals surface area contributed by atoms with Crippen LogP contribution in [0.3, 0.4) is 0 Å². The average molecular weight is 543 g/mol. The highest BCUT2D eigenvalue weighted by Gasteiger charge is 2.52. The molecule has 0 amide bonds. The Bertz CT molecular complexity index is 784. The molecule has 0 aromatic carbocycles. The van der Waals surface area contributed by atoms with Crippen molar-refractivity contribution in [2.75, 3.05) is 19.8 Å². The molecule has 4 aliphatic carbocycles. The minimum Gasteiger partial charge on any atom is -0.394 e. The second-order valence-corrected chi connectivity index (χ2v) is 13.0. The molecule has 10 nitrogen and oxygen atoms in total. The molecule has 218 valence electrons. The summed E-state index contributed by atoms with van der Waals surface area (Å²) in [5.41, 5.74) is 0.171. The van der Waals surface area contributed by atoms with Crippen LogP contribution in [0.4, 0.5) is 0 Å². The van der Waals surface area contributed by atoms with Gasteiger partial charge in [0, 0.05) is 24.7 Å². The monoisotopic (exact) mass is 542 g/mol. The minimum absolute atomic E-state index is 0.159. The van der Waals surface area contributed by atoms with E-state index >= 15 is 0 Å². The van der Waals surface area contributed by atoms with Crippen molar-refractivity contribution in [2.24, 2.45) is 35.0 Å². The normalized spacial score (nSPS) is 50.3. The van der Waals surface area contributed by atoms with Gasteiger partial charge in [0.15, 0.2) is 12.6 Å². The Labute approximate surface area is 224 Å². The lowest BCUT2D eigenvalue weighted by Crippen LogP contribution is -2.61. The van der Waals surface area contributed by atoms with Gasteiger partial charge >= 0.3 is 0 Å². The van der Waals surface area contributed by atoms with Crippen LogP contribution in [0.1, 0.15) is 65.2 Å². The van der Waals surface area contributed by atoms with E-state index in [1.54, 1.807) is 13.8 Å². The van der Waals surface area contributed by atoms with Gasteiger partial charge in [0.25, 0.3) is 0 Å². The number of Topliss-reactive ketones (excluding diaryl/α,β-unsaturated/α-hetero) is 1. The van der Waals surface area contributed by atoms with Crippen molar-refractivity contribution in [2.45, 2.75) is 114 Å². The first kappa shape index (κ1) is 28.8. The summed E-state index contributed by atoms with van der Waals surface area (Å²) in [5, 5.41) is 50.6. The molecule has 10 heteroatoms. The molecule has 5 unspecified atom stereocenters. The maximum Gasteiger partial charge on any atom is 0.163 e. The maximum absolute atomic E-state index is 13.1. The van der Waals surface area contributed by atoms with Crippen molar-refractivity contribution in [3.8, 4) is 0 Å². The third-order valence-corrected chi connectivity index (χ3v) is 10.1. The van der Waals surface area contributed by atoms with E-state index in [1.165, 1.54) is 38.5 Å². The van der Waals surface area contributed by atoms with Crippen LogP contribution in [-0.2, 0) is 23.7 Å². The Morgan fingerprint density at radius 1 is 0.842 bits per heavy atom. The lowest BCUT2D eigenvalue weighted by atomic mass is 9.48. The second-order valence-electron chi connectivity index (χ2n) is 13.0. The molecule has 38 heavy (non-hydrogen) atoms. The second kappa shape index (κ2) is 11.7. The molecule has 0 spiro atoms. The molecule has 0 aromatic heterocycles. The zero-order chi connectivity index (χ0) is 27.2. The predicted octanol–water partition coefficient (Wildman–Crippen LogP) is 0.743. The van der Waals surface area contributed by atoms with Crippen molar-refractivity contribution < 1.29 is 49.3 Å². The Morgan fingerprint density at radius 3 is 2.03 bits per heavy atom. The van der Waals surface area contributed by atoms with Crippen LogP contribution in [0.5, 0.6) is 0 Å². The molecule has 6 rings (SSSR count). The smallest absolute Gasteiger partial charge is 0.163 e. The highest BCUT2D eigenvalue weighted by molar-refractivity contribution is 5.79. The Kier molecular flexibility index (Phi) is 8.84. The fourth-order valence-corrected chi connectivity index (χ4v) is 8.46. The third-order valence-electron chi connectivity index (χ3n) is 10.1. The SMILES string of the molecule is CC1[C@H](O[C@H]2C(CO)OC(O)C(C)[C@H]2OCCC(=O)CC23CC4CC(CC(C4)C2)C3)OC(CO)[C@H](O)[C@@H]1O. The third kappa shape index (κ3) is 5.71. The van der Waals surface area contributed by atoms with Crippen LogP contribution in [0, 0.1) is 35.0 Å². The number of hydrogen-bond donors (Lipinski definition) is 5. The van der Waals surface area contributed by atoms with Crippen LogP contribution in [0.15, 0.2) is 0 Å². The summed E-state index contributed by atoms with van der Waals surface area (Å²) in [4.78, 5) is 13.1. The lowest BCUT2D eigenvalue weighted by molar-refractivity contribution is -0.343. The van der Waals surface area contributed by atoms with E-state index in [-0.39, 0.29) is 24.2 Å². The number of aliphatic hydroxyl groups is 5. The number of carbonyl (C=O) groups is 1. The topological polar surface area (TPSA) is 155 Å². The largest absolute Gasteiger partial charge is 0.394 e. The molecular weight excluding hydrogens is 496 g/mol. The Balaban J connectivity index is 1.21. The quantitative estimate of drug-likeness (QED) is 0.267. The van der Waals surface area contributed by atoms with Gasteiger partial charge in [0.2, 0.25) is 0 Å². The summed E-state index contributed by atoms with van der Waals surface area (Å²) in [6.45, 7) is 2.61. The number of rotatable bonds is 10. The van der Waals surface area contributed by atoms with Gasteiger partial charge in [0.05, 0.1) is 32.0 Å². The predicted molar refractivity (Wildman–Crippen MR) is 134 cm³/mol. The number of carbonyl (C=O) groups excluding carboxylic acids is 1. The van der Waals surface area contributed by atoms with Gasteiger partial charge < -0.3 is 44.5 Å². The molecule has 4 saturated carbocycles. The summed E-state index contributed by atoms with van der Waals surface area (Å²) >= 11 is 0. The fraction of sp³-hybridized carbons (Fsp3) is 0.964. The summed E-state index contributed by atoms with van der Waals surface area (Å²) in [5.74, 6) is 1.41. The highest BCUT2D eigenvalue weighted by Crippen LogP contribution is 2.61. The average Bonchev–Trinajstić information content (AvgIpc) is 2.86. The summed E-state index contributed by atoms with van der Waals surface area (Å²) < 4.78 is 23.6. The molecule has 2 saturated heterocycles. The first-order valence-electron chi connectivity index (χ1n) is 14.5. The number of ketones is 1. The van der Waals surface area contributed by atoms with Gasteiger partial charge in [-0.05, 0) is 61.7 Å². The van der Waals surface area contributed by atoms with Crippen molar-refractivity contribution >= 4 is 5.78 Å². The van der Waals surface area contributed by atoms with E-state index in [0.29, 0.717) is 6.42 Å². The Hall–Kier alpha value is -0.690. The summed E-state index contributed by atoms with van der Waals surface area (Å²) in [6, 6.07) is 0. The molecule has 0 aromatic rings. The van der Waals surface area contributed by atoms with Crippen LogP contribution >= 0.6 is 0 Å². The zero-order valence-corrected chi connectivity index (χ0v) is 22.6. The van der Waals surface area contributed by atoms with Gasteiger partial charge in [0.1, 0.15) is 30.2 Å². The number of aliphatic hydroxyl groups excluding tert-OH is 5. The molecule has 10 atom stereocenters. The summed E-state index contributed by atoms with van der Waals surface area (Å²) in [6.07, 6.45) is 0.231. The van der Waals surface area contributed by atoms with Crippen molar-refractivity contribution in [1.82, 2.24) is 0 Å². The molecule has 4 bridgehead atoms. The number of hydrogen-bond acceptors (Lipinski definition) is 10. The molecule has 5 N–H and O–H groups in total. The van der Waals surface area contributed by atoms with Gasteiger partial charge in [-0.3, -0.25) is 4.79 Å². The molecule has 2 aliphatic heterocycles. The molecule has 0 radical (unpaired) electrons. The first-order chi connectivity index (χ1) is 18.1. The van der Waals surface area contributed by atoms with E-state index in [9.17, 15) is 30.3 Å². The van der Waals surface area contributed by atoms with Crippen LogP contribution in [0.25, 0.3) is 0 Å². The molecule has 2 heterocycles. The lowest BCUT2D eigenvalue weighted by Gasteiger charge is -2.56. The first-order valence-corrected chi connectivity index (χ1v) is 14.5. The van der Waals surface area contributed by atoms with E-state index in [0.717, 1.165) is 17.8 Å². The van der Waals surface area contributed by atoms with Crippen molar-refractivity contribution in [1.29, 1.82) is 0 Å². The van der Waals surface area contributed by atoms with E-state index in [4.69, 9.17) is 18.9 Å². The van der Waals surface area contributed by atoms with Crippen LogP contribution < -0.4 is 0 Å². The maximum atomic E-state index is 13.1. The van der Waals surface area contributed by atoms with Gasteiger partial charge in [-0.2, -0.15) is 0 Å². The van der Waals surface area contributed by atoms with Crippen LogP contribution in [-0.4, -0.2) is 100 Å². The van der Waals surface area contributed by atoms with E-state index in [2.05, 4.69) is 0 Å². The van der Waals surface area contributed by atoms with Crippen LogP contribution in [0.2, 0.25) is 0 Å². The molecule has 6 fully saturated rings. The van der Waals surface area contributed by atoms with E-state index < -0.39 is 74.3 Å². The minimum atomic E-state index is -1.26. The Morgan fingerprint density at radius 2 is 1.45 bits per heavy atom. The van der Waals surface area contributed by atoms with Gasteiger partial charge in [-0.15, -0.1) is 0 Å². The van der Waals surface area contributed by atoms with Crippen molar-refractivity contribution in [3.63, 3.8) is 0 Å². The van der Waals surface area contributed by atoms with Gasteiger partial charge in [-0.25, -0.2) is 0 Å². The zero-order valence-electron chi connectivity index (χ0n) is 22.6. The molecule has 6 aliphatic rings. The van der Waals surface area contributed by atoms with E-state index in [1.807, 2.05) is 0 Å². The highest BCUT2D eigenvalue weighted by atomic mass is 16.7. The summed E-state index contributed by atoms with van der Waals surface area (Å²) in [7, 11) is 0.